The molecule has 1 heteroatoms. The van der Waals surface area contributed by atoms with E-state index < -0.39 is 0 Å². The lowest BCUT2D eigenvalue weighted by Crippen LogP contribution is -2.36. The van der Waals surface area contributed by atoms with E-state index in [1.54, 1.807) is 0 Å². The molecule has 1 atom stereocenters. The third kappa shape index (κ3) is 4.63. The van der Waals surface area contributed by atoms with Crippen molar-refractivity contribution in [2.45, 2.75) is 64.3 Å². The molecule has 1 saturated carbocycles. The molecule has 1 aromatic carbocycles. The lowest BCUT2D eigenvalue weighted by Gasteiger charge is -2.33. The molecule has 0 bridgehead atoms. The highest BCUT2D eigenvalue weighted by Crippen LogP contribution is 2.33. The van der Waals surface area contributed by atoms with Crippen molar-refractivity contribution in [3.63, 3.8) is 0 Å². The zero-order valence-corrected chi connectivity index (χ0v) is 13.3. The molecule has 0 amide bonds. The molecule has 2 rings (SSSR count). The Kier molecular flexibility index (Phi) is 6.59. The zero-order chi connectivity index (χ0) is 14.2. The standard InChI is InChI=1S/C19H31N/c1-3-16-12-14-18(15-13-16)19(20-2)11-7-10-17-8-5-4-6-9-17/h4-6,8-9,16,18-20H,3,7,10-15H2,1-2H3. The summed E-state index contributed by atoms with van der Waals surface area (Å²) in [4.78, 5) is 0. The second-order valence-corrected chi connectivity index (χ2v) is 6.46. The molecule has 1 nitrogen and oxygen atoms in total. The summed E-state index contributed by atoms with van der Waals surface area (Å²) >= 11 is 0. The summed E-state index contributed by atoms with van der Waals surface area (Å²) in [5.74, 6) is 1.92. The first-order chi connectivity index (χ1) is 9.83. The molecule has 112 valence electrons. The van der Waals surface area contributed by atoms with Crippen LogP contribution in [0, 0.1) is 11.8 Å². The van der Waals surface area contributed by atoms with Crippen molar-refractivity contribution in [3.8, 4) is 0 Å². The van der Waals surface area contributed by atoms with Crippen LogP contribution < -0.4 is 5.32 Å². The van der Waals surface area contributed by atoms with Crippen molar-refractivity contribution in [1.82, 2.24) is 5.32 Å². The summed E-state index contributed by atoms with van der Waals surface area (Å²) in [5.41, 5.74) is 1.48. The van der Waals surface area contributed by atoms with Gasteiger partial charge in [-0.1, -0.05) is 56.5 Å². The second kappa shape index (κ2) is 8.46. The van der Waals surface area contributed by atoms with Gasteiger partial charge >= 0.3 is 0 Å². The number of aryl methyl sites for hydroxylation is 1. The molecule has 1 aromatic rings. The number of rotatable bonds is 7. The lowest BCUT2D eigenvalue weighted by molar-refractivity contribution is 0.215. The van der Waals surface area contributed by atoms with Crippen LogP contribution in [0.3, 0.4) is 0 Å². The van der Waals surface area contributed by atoms with Gasteiger partial charge < -0.3 is 5.32 Å². The molecular weight excluding hydrogens is 242 g/mol. The Morgan fingerprint density at radius 1 is 1.10 bits per heavy atom. The van der Waals surface area contributed by atoms with Crippen LogP contribution in [-0.2, 0) is 6.42 Å². The molecule has 1 fully saturated rings. The van der Waals surface area contributed by atoms with E-state index in [9.17, 15) is 0 Å². The van der Waals surface area contributed by atoms with Crippen molar-refractivity contribution in [1.29, 1.82) is 0 Å². The SMILES string of the molecule is CCC1CCC(C(CCCc2ccccc2)NC)CC1. The van der Waals surface area contributed by atoms with Crippen LogP contribution in [0.25, 0.3) is 0 Å². The molecule has 0 aliphatic heterocycles. The topological polar surface area (TPSA) is 12.0 Å². The van der Waals surface area contributed by atoms with Crippen molar-refractivity contribution >= 4 is 0 Å². The quantitative estimate of drug-likeness (QED) is 0.751. The number of nitrogens with one attached hydrogen (secondary N) is 1. The zero-order valence-electron chi connectivity index (χ0n) is 13.3. The molecule has 1 aliphatic carbocycles. The van der Waals surface area contributed by atoms with Gasteiger partial charge in [0, 0.05) is 6.04 Å². The number of benzene rings is 1. The maximum absolute atomic E-state index is 3.59. The highest BCUT2D eigenvalue weighted by atomic mass is 14.9. The van der Waals surface area contributed by atoms with Gasteiger partial charge in [-0.25, -0.2) is 0 Å². The van der Waals surface area contributed by atoms with Gasteiger partial charge in [-0.2, -0.15) is 0 Å². The molecule has 1 N–H and O–H groups in total. The highest BCUT2D eigenvalue weighted by Gasteiger charge is 2.25. The monoisotopic (exact) mass is 273 g/mol. The fraction of sp³-hybridized carbons (Fsp3) is 0.684. The fourth-order valence-electron chi connectivity index (χ4n) is 3.79. The van der Waals surface area contributed by atoms with Crippen LogP contribution in [0.2, 0.25) is 0 Å². The molecule has 0 aromatic heterocycles. The van der Waals surface area contributed by atoms with Gasteiger partial charge in [-0.05, 0) is 56.6 Å². The van der Waals surface area contributed by atoms with Crippen LogP contribution in [-0.4, -0.2) is 13.1 Å². The van der Waals surface area contributed by atoms with Gasteiger partial charge in [0.15, 0.2) is 0 Å². The molecule has 0 heterocycles. The summed E-state index contributed by atoms with van der Waals surface area (Å²) in [6.07, 6.45) is 11.0. The largest absolute Gasteiger partial charge is 0.317 e. The summed E-state index contributed by atoms with van der Waals surface area (Å²) in [6.45, 7) is 2.35. The predicted molar refractivity (Wildman–Crippen MR) is 88.0 cm³/mol. The van der Waals surface area contributed by atoms with E-state index in [0.717, 1.165) is 17.9 Å². The van der Waals surface area contributed by atoms with Gasteiger partial charge in [0.05, 0.1) is 0 Å². The maximum Gasteiger partial charge on any atom is 0.00924 e. The maximum atomic E-state index is 3.59. The number of hydrogen-bond donors (Lipinski definition) is 1. The van der Waals surface area contributed by atoms with Crippen molar-refractivity contribution in [2.75, 3.05) is 7.05 Å². The first-order valence-electron chi connectivity index (χ1n) is 8.54. The van der Waals surface area contributed by atoms with Gasteiger partial charge in [0.2, 0.25) is 0 Å². The molecular formula is C19H31N. The van der Waals surface area contributed by atoms with Crippen LogP contribution >= 0.6 is 0 Å². The Balaban J connectivity index is 1.72. The molecule has 0 radical (unpaired) electrons. The van der Waals surface area contributed by atoms with E-state index in [1.807, 2.05) is 0 Å². The van der Waals surface area contributed by atoms with E-state index in [1.165, 1.54) is 56.9 Å². The first-order valence-corrected chi connectivity index (χ1v) is 8.54. The Bertz CT molecular complexity index is 351. The van der Waals surface area contributed by atoms with Crippen LogP contribution in [0.4, 0.5) is 0 Å². The van der Waals surface area contributed by atoms with Gasteiger partial charge in [-0.15, -0.1) is 0 Å². The highest BCUT2D eigenvalue weighted by molar-refractivity contribution is 5.14. The fourth-order valence-corrected chi connectivity index (χ4v) is 3.79. The first kappa shape index (κ1) is 15.6. The summed E-state index contributed by atoms with van der Waals surface area (Å²) < 4.78 is 0. The minimum atomic E-state index is 0.733. The van der Waals surface area contributed by atoms with Crippen LogP contribution in [0.15, 0.2) is 30.3 Å². The third-order valence-electron chi connectivity index (χ3n) is 5.23. The second-order valence-electron chi connectivity index (χ2n) is 6.46. The van der Waals surface area contributed by atoms with E-state index in [0.29, 0.717) is 0 Å². The lowest BCUT2D eigenvalue weighted by atomic mass is 9.76. The minimum absolute atomic E-state index is 0.733. The smallest absolute Gasteiger partial charge is 0.00924 e. The minimum Gasteiger partial charge on any atom is -0.317 e. The Labute approximate surface area is 125 Å². The van der Waals surface area contributed by atoms with E-state index in [4.69, 9.17) is 0 Å². The average molecular weight is 273 g/mol. The molecule has 1 aliphatic rings. The van der Waals surface area contributed by atoms with Gasteiger partial charge in [-0.3, -0.25) is 0 Å². The van der Waals surface area contributed by atoms with Crippen molar-refractivity contribution in [3.05, 3.63) is 35.9 Å². The summed E-state index contributed by atoms with van der Waals surface area (Å²) in [7, 11) is 2.15. The molecule has 20 heavy (non-hydrogen) atoms. The normalized spacial score (nSPS) is 24.5. The van der Waals surface area contributed by atoms with Gasteiger partial charge in [0.1, 0.15) is 0 Å². The van der Waals surface area contributed by atoms with Crippen LogP contribution in [0.5, 0.6) is 0 Å². The average Bonchev–Trinajstić information content (AvgIpc) is 2.53. The van der Waals surface area contributed by atoms with E-state index in [-0.39, 0.29) is 0 Å². The van der Waals surface area contributed by atoms with E-state index in [2.05, 4.69) is 49.6 Å². The van der Waals surface area contributed by atoms with Crippen molar-refractivity contribution in [2.24, 2.45) is 11.8 Å². The Morgan fingerprint density at radius 2 is 1.80 bits per heavy atom. The Morgan fingerprint density at radius 3 is 2.40 bits per heavy atom. The van der Waals surface area contributed by atoms with Gasteiger partial charge in [0.25, 0.3) is 0 Å². The molecule has 0 spiro atoms. The molecule has 1 unspecified atom stereocenters. The predicted octanol–water partition coefficient (Wildman–Crippen LogP) is 4.81. The van der Waals surface area contributed by atoms with Crippen LogP contribution in [0.1, 0.15) is 57.4 Å². The van der Waals surface area contributed by atoms with E-state index >= 15 is 0 Å². The Hall–Kier alpha value is -0.820. The molecule has 0 saturated heterocycles. The van der Waals surface area contributed by atoms with Crippen molar-refractivity contribution < 1.29 is 0 Å². The summed E-state index contributed by atoms with van der Waals surface area (Å²) in [6, 6.07) is 11.6. The third-order valence-corrected chi connectivity index (χ3v) is 5.23. The number of hydrogen-bond acceptors (Lipinski definition) is 1. The summed E-state index contributed by atoms with van der Waals surface area (Å²) in [5, 5.41) is 3.59.